The smallest absolute Gasteiger partial charge is 0.0158 e. The molecule has 0 aromatic rings. The molecule has 0 radical (unpaired) electrons. The van der Waals surface area contributed by atoms with Crippen LogP contribution in [0.5, 0.6) is 0 Å². The summed E-state index contributed by atoms with van der Waals surface area (Å²) in [5.41, 5.74) is 6.09. The maximum atomic E-state index is 4.50. The average molecular weight is 514 g/mol. The van der Waals surface area contributed by atoms with E-state index in [2.05, 4.69) is 84.9 Å². The summed E-state index contributed by atoms with van der Waals surface area (Å²) in [6.45, 7) is 39.6. The lowest BCUT2D eigenvalue weighted by atomic mass is 9.58. The molecule has 2 aliphatic heterocycles. The molecule has 0 spiro atoms. The number of rotatable bonds is 7. The predicted molar refractivity (Wildman–Crippen MR) is 169 cm³/mol. The molecule has 2 aliphatic rings. The molecule has 0 unspecified atom stereocenters. The number of hydrogen-bond acceptors (Lipinski definition) is 3. The van der Waals surface area contributed by atoms with E-state index in [1.165, 1.54) is 71.8 Å². The molecule has 0 aliphatic carbocycles. The molecule has 0 aromatic heterocycles. The summed E-state index contributed by atoms with van der Waals surface area (Å²) in [6, 6.07) is 0. The maximum Gasteiger partial charge on any atom is 0.0158 e. The van der Waals surface area contributed by atoms with E-state index >= 15 is 0 Å². The molecule has 2 heterocycles. The Labute approximate surface area is 231 Å². The monoisotopic (exact) mass is 514 g/mol. The van der Waals surface area contributed by atoms with Crippen LogP contribution in [-0.4, -0.2) is 55.6 Å². The first-order chi connectivity index (χ1) is 16.7. The fourth-order valence-electron chi connectivity index (χ4n) is 6.38. The van der Waals surface area contributed by atoms with Gasteiger partial charge in [-0.05, 0) is 114 Å². The van der Waals surface area contributed by atoms with Crippen molar-refractivity contribution in [2.75, 3.05) is 40.3 Å². The molecule has 2 rings (SSSR count). The Bertz CT molecular complexity index is 491. The predicted octanol–water partition coefficient (Wildman–Crippen LogP) is 9.35. The third-order valence-electron chi connectivity index (χ3n) is 9.71. The zero-order chi connectivity index (χ0) is 29.4. The van der Waals surface area contributed by atoms with Crippen molar-refractivity contribution in [3.63, 3.8) is 0 Å². The third-order valence-corrected chi connectivity index (χ3v) is 9.71. The number of hydrogen-bond donors (Lipinski definition) is 1. The molecule has 222 valence electrons. The van der Waals surface area contributed by atoms with Crippen LogP contribution in [0.2, 0.25) is 0 Å². The van der Waals surface area contributed by atoms with Crippen molar-refractivity contribution < 1.29 is 0 Å². The Morgan fingerprint density at radius 1 is 0.639 bits per heavy atom. The molecule has 0 atom stereocenters. The van der Waals surface area contributed by atoms with Gasteiger partial charge >= 0.3 is 0 Å². The lowest BCUT2D eigenvalue weighted by molar-refractivity contribution is -0.0346. The first-order valence-electron chi connectivity index (χ1n) is 15.7. The van der Waals surface area contributed by atoms with Crippen molar-refractivity contribution >= 4 is 0 Å². The number of piperidine rings is 2. The molecule has 3 nitrogen and oxygen atoms in total. The maximum absolute atomic E-state index is 4.50. The second-order valence-electron chi connectivity index (χ2n) is 12.8. The Kier molecular flexibility index (Phi) is 21.3. The van der Waals surface area contributed by atoms with Crippen LogP contribution in [0.25, 0.3) is 0 Å². The van der Waals surface area contributed by atoms with Crippen molar-refractivity contribution in [1.29, 1.82) is 0 Å². The first kappa shape index (κ1) is 40.4. The fraction of sp³-hybridized carbons (Fsp3) is 1.00. The van der Waals surface area contributed by atoms with Crippen LogP contribution >= 0.6 is 0 Å². The average Bonchev–Trinajstić information content (AvgIpc) is 2.88. The van der Waals surface area contributed by atoms with Crippen LogP contribution in [0, 0.1) is 28.1 Å². The molecule has 0 saturated carbocycles. The van der Waals surface area contributed by atoms with Gasteiger partial charge in [-0.25, -0.2) is 0 Å². The van der Waals surface area contributed by atoms with Gasteiger partial charge in [0.15, 0.2) is 0 Å². The van der Waals surface area contributed by atoms with E-state index < -0.39 is 0 Å². The minimum Gasteiger partial charge on any atom is -0.333 e. The zero-order valence-electron chi connectivity index (χ0n) is 28.7. The SMILES string of the molecule is CC.CC.CC.CCC(C)(C)C(C)(C)C1CCN(C(C)(C)CC(C)(C)C2CCN(C)CC2)CC1.CN. The second-order valence-corrected chi connectivity index (χ2v) is 12.8. The van der Waals surface area contributed by atoms with Gasteiger partial charge in [-0.2, -0.15) is 0 Å². The summed E-state index contributed by atoms with van der Waals surface area (Å²) in [4.78, 5) is 5.33. The van der Waals surface area contributed by atoms with Gasteiger partial charge in [-0.15, -0.1) is 0 Å². The number of nitrogens with two attached hydrogens (primary N) is 1. The molecule has 36 heavy (non-hydrogen) atoms. The fourth-order valence-corrected chi connectivity index (χ4v) is 6.38. The summed E-state index contributed by atoms with van der Waals surface area (Å²) in [5.74, 6) is 1.74. The summed E-state index contributed by atoms with van der Waals surface area (Å²) < 4.78 is 0. The van der Waals surface area contributed by atoms with Crippen molar-refractivity contribution in [3.8, 4) is 0 Å². The van der Waals surface area contributed by atoms with Crippen LogP contribution in [0.4, 0.5) is 0 Å². The van der Waals surface area contributed by atoms with Crippen molar-refractivity contribution in [2.45, 2.75) is 148 Å². The van der Waals surface area contributed by atoms with Crippen LogP contribution in [0.15, 0.2) is 0 Å². The van der Waals surface area contributed by atoms with Gasteiger partial charge in [0.25, 0.3) is 0 Å². The van der Waals surface area contributed by atoms with Gasteiger partial charge < -0.3 is 10.6 Å². The van der Waals surface area contributed by atoms with Crippen molar-refractivity contribution in [3.05, 3.63) is 0 Å². The van der Waals surface area contributed by atoms with E-state index in [0.29, 0.717) is 21.8 Å². The third kappa shape index (κ3) is 11.7. The topological polar surface area (TPSA) is 32.5 Å². The van der Waals surface area contributed by atoms with E-state index in [-0.39, 0.29) is 0 Å². The molecule has 2 N–H and O–H groups in total. The second kappa shape index (κ2) is 19.0. The number of likely N-dealkylation sites (tertiary alicyclic amines) is 2. The Balaban J connectivity index is -0.00000124. The summed E-state index contributed by atoms with van der Waals surface area (Å²) in [5, 5.41) is 0. The molecule has 2 saturated heterocycles. The highest BCUT2D eigenvalue weighted by Crippen LogP contribution is 2.51. The van der Waals surface area contributed by atoms with Crippen LogP contribution in [-0.2, 0) is 0 Å². The van der Waals surface area contributed by atoms with Gasteiger partial charge in [-0.3, -0.25) is 4.90 Å². The minimum atomic E-state index is 0.308. The van der Waals surface area contributed by atoms with Gasteiger partial charge in [0, 0.05) is 5.54 Å². The van der Waals surface area contributed by atoms with E-state index in [0.717, 1.165) is 11.8 Å². The van der Waals surface area contributed by atoms with Gasteiger partial charge in [0.1, 0.15) is 0 Å². The Morgan fingerprint density at radius 2 is 1.00 bits per heavy atom. The molecule has 3 heteroatoms. The van der Waals surface area contributed by atoms with Gasteiger partial charge in [0.05, 0.1) is 0 Å². The highest BCUT2D eigenvalue weighted by Gasteiger charge is 2.45. The van der Waals surface area contributed by atoms with E-state index in [4.69, 9.17) is 0 Å². The normalized spacial score (nSPS) is 18.8. The summed E-state index contributed by atoms with van der Waals surface area (Å²) in [6.07, 6.45) is 8.09. The van der Waals surface area contributed by atoms with E-state index in [1.54, 1.807) is 0 Å². The van der Waals surface area contributed by atoms with Gasteiger partial charge in [-0.1, -0.05) is 96.4 Å². The van der Waals surface area contributed by atoms with E-state index in [1.807, 2.05) is 41.5 Å². The van der Waals surface area contributed by atoms with Crippen molar-refractivity contribution in [2.24, 2.45) is 33.8 Å². The highest BCUT2D eigenvalue weighted by molar-refractivity contribution is 4.97. The molecular weight excluding hydrogens is 438 g/mol. The largest absolute Gasteiger partial charge is 0.333 e. The molecule has 2 fully saturated rings. The standard InChI is InChI=1S/C26H52N2.3C2H6.CH5N/c1-11-24(4,5)26(8,9)22-14-18-28(19-15-22)25(6,7)20-23(2,3)21-12-16-27(10)17-13-21;4*1-2/h21-22H,11-20H2,1-10H3;3*1-2H3;2H2,1H3. The van der Waals surface area contributed by atoms with Crippen LogP contribution < -0.4 is 5.73 Å². The molecular formula is C33H75N3. The lowest BCUT2D eigenvalue weighted by Crippen LogP contribution is -2.53. The summed E-state index contributed by atoms with van der Waals surface area (Å²) >= 11 is 0. The van der Waals surface area contributed by atoms with E-state index in [9.17, 15) is 0 Å². The lowest BCUT2D eigenvalue weighted by Gasteiger charge is -2.53. The quantitative estimate of drug-likeness (QED) is 0.368. The number of nitrogens with zero attached hydrogens (tertiary/aromatic N) is 2. The summed E-state index contributed by atoms with van der Waals surface area (Å²) in [7, 11) is 3.78. The Morgan fingerprint density at radius 3 is 1.36 bits per heavy atom. The van der Waals surface area contributed by atoms with Crippen LogP contribution in [0.3, 0.4) is 0 Å². The molecule has 0 bridgehead atoms. The zero-order valence-corrected chi connectivity index (χ0v) is 28.7. The molecule has 0 amide bonds. The van der Waals surface area contributed by atoms with Crippen molar-refractivity contribution in [1.82, 2.24) is 9.80 Å². The molecule has 0 aromatic carbocycles. The first-order valence-corrected chi connectivity index (χ1v) is 15.7. The van der Waals surface area contributed by atoms with Crippen LogP contribution in [0.1, 0.15) is 142 Å². The van der Waals surface area contributed by atoms with Gasteiger partial charge in [0.2, 0.25) is 0 Å². The Hall–Kier alpha value is -0.120. The highest BCUT2D eigenvalue weighted by atomic mass is 15.2. The minimum absolute atomic E-state index is 0.308.